The van der Waals surface area contributed by atoms with E-state index in [-0.39, 0.29) is 10.8 Å². The predicted molar refractivity (Wildman–Crippen MR) is 54.0 cm³/mol. The highest BCUT2D eigenvalue weighted by Gasteiger charge is 2.40. The normalized spacial score (nSPS) is 18.3. The molecule has 1 aliphatic carbocycles. The zero-order chi connectivity index (χ0) is 10.3. The molecular formula is C11H12ClFO. The Bertz CT molecular complexity index is 372. The van der Waals surface area contributed by atoms with Gasteiger partial charge in [-0.25, -0.2) is 4.39 Å². The molecule has 0 bridgehead atoms. The van der Waals surface area contributed by atoms with Gasteiger partial charge in [-0.15, -0.1) is 0 Å². The molecule has 1 saturated carbocycles. The smallest absolute Gasteiger partial charge is 0.144 e. The number of aryl methyl sites for hydroxylation is 1. The Balaban J connectivity index is 2.30. The minimum atomic E-state index is -0.620. The maximum atomic E-state index is 13.4. The summed E-state index contributed by atoms with van der Waals surface area (Å²) >= 11 is 5.85. The molecule has 0 aliphatic heterocycles. The van der Waals surface area contributed by atoms with Crippen LogP contribution in [-0.4, -0.2) is 10.7 Å². The van der Waals surface area contributed by atoms with Gasteiger partial charge in [-0.05, 0) is 30.9 Å². The van der Waals surface area contributed by atoms with Gasteiger partial charge in [-0.2, -0.15) is 0 Å². The van der Waals surface area contributed by atoms with Crippen molar-refractivity contribution in [3.05, 3.63) is 34.1 Å². The Morgan fingerprint density at radius 2 is 2.14 bits per heavy atom. The Kier molecular flexibility index (Phi) is 2.28. The summed E-state index contributed by atoms with van der Waals surface area (Å²) in [5, 5.41) is 9.84. The fraction of sp³-hybridized carbons (Fsp3) is 0.455. The molecule has 1 N–H and O–H groups in total. The Labute approximate surface area is 87.5 Å². The first-order chi connectivity index (χ1) is 6.52. The first-order valence-corrected chi connectivity index (χ1v) is 5.05. The lowest BCUT2D eigenvalue weighted by molar-refractivity contribution is 0.151. The summed E-state index contributed by atoms with van der Waals surface area (Å²) in [5.41, 5.74) is 0.627. The van der Waals surface area contributed by atoms with E-state index < -0.39 is 5.60 Å². The van der Waals surface area contributed by atoms with Crippen LogP contribution >= 0.6 is 11.6 Å². The molecule has 0 amide bonds. The molecule has 76 valence electrons. The van der Waals surface area contributed by atoms with E-state index in [2.05, 4.69) is 0 Å². The van der Waals surface area contributed by atoms with Crippen LogP contribution in [0, 0.1) is 12.7 Å². The summed E-state index contributed by atoms with van der Waals surface area (Å²) in [7, 11) is 0. The molecule has 1 fully saturated rings. The van der Waals surface area contributed by atoms with Crippen molar-refractivity contribution in [1.82, 2.24) is 0 Å². The summed E-state index contributed by atoms with van der Waals surface area (Å²) in [4.78, 5) is 0. The quantitative estimate of drug-likeness (QED) is 0.803. The maximum absolute atomic E-state index is 13.4. The van der Waals surface area contributed by atoms with E-state index in [0.29, 0.717) is 17.5 Å². The second kappa shape index (κ2) is 3.21. The lowest BCUT2D eigenvalue weighted by Gasteiger charge is -2.10. The van der Waals surface area contributed by atoms with Gasteiger partial charge >= 0.3 is 0 Å². The topological polar surface area (TPSA) is 20.2 Å². The number of rotatable bonds is 2. The SMILES string of the molecule is Cc1ccc(CC2(O)CC2)c(Cl)c1F. The van der Waals surface area contributed by atoms with Crippen molar-refractivity contribution in [3.63, 3.8) is 0 Å². The molecule has 14 heavy (non-hydrogen) atoms. The number of aliphatic hydroxyl groups is 1. The largest absolute Gasteiger partial charge is 0.390 e. The third-order valence-corrected chi connectivity index (χ3v) is 3.11. The molecule has 0 aromatic heterocycles. The van der Waals surface area contributed by atoms with Crippen LogP contribution in [0.3, 0.4) is 0 Å². The second-order valence-electron chi connectivity index (χ2n) is 4.07. The molecule has 1 aromatic carbocycles. The Morgan fingerprint density at radius 1 is 1.50 bits per heavy atom. The highest BCUT2D eigenvalue weighted by atomic mass is 35.5. The van der Waals surface area contributed by atoms with Crippen molar-refractivity contribution in [2.45, 2.75) is 31.8 Å². The standard InChI is InChI=1S/C11H12ClFO/c1-7-2-3-8(9(12)10(7)13)6-11(14)4-5-11/h2-3,14H,4-6H2,1H3. The lowest BCUT2D eigenvalue weighted by atomic mass is 10.0. The fourth-order valence-corrected chi connectivity index (χ4v) is 1.78. The number of hydrogen-bond donors (Lipinski definition) is 1. The van der Waals surface area contributed by atoms with Crippen LogP contribution < -0.4 is 0 Å². The molecule has 1 aliphatic rings. The van der Waals surface area contributed by atoms with E-state index in [9.17, 15) is 9.50 Å². The molecule has 1 aromatic rings. The van der Waals surface area contributed by atoms with Crippen molar-refractivity contribution in [3.8, 4) is 0 Å². The monoisotopic (exact) mass is 214 g/mol. The number of hydrogen-bond acceptors (Lipinski definition) is 1. The summed E-state index contributed by atoms with van der Waals surface area (Å²) in [6.07, 6.45) is 2.04. The van der Waals surface area contributed by atoms with Crippen molar-refractivity contribution < 1.29 is 9.50 Å². The minimum absolute atomic E-state index is 0.158. The zero-order valence-corrected chi connectivity index (χ0v) is 8.74. The van der Waals surface area contributed by atoms with Crippen LogP contribution in [0.1, 0.15) is 24.0 Å². The third kappa shape index (κ3) is 1.77. The van der Waals surface area contributed by atoms with Gasteiger partial charge in [0.1, 0.15) is 5.82 Å². The summed E-state index contributed by atoms with van der Waals surface area (Å²) in [6, 6.07) is 3.49. The van der Waals surface area contributed by atoms with Crippen LogP contribution in [0.2, 0.25) is 5.02 Å². The van der Waals surface area contributed by atoms with Gasteiger partial charge in [0.25, 0.3) is 0 Å². The fourth-order valence-electron chi connectivity index (χ4n) is 1.50. The summed E-state index contributed by atoms with van der Waals surface area (Å²) in [6.45, 7) is 1.68. The first-order valence-electron chi connectivity index (χ1n) is 4.68. The molecule has 0 saturated heterocycles. The average Bonchev–Trinajstić information content (AvgIpc) is 2.86. The number of benzene rings is 1. The van der Waals surface area contributed by atoms with Crippen LogP contribution in [-0.2, 0) is 6.42 Å². The molecular weight excluding hydrogens is 203 g/mol. The minimum Gasteiger partial charge on any atom is -0.390 e. The highest BCUT2D eigenvalue weighted by molar-refractivity contribution is 6.31. The van der Waals surface area contributed by atoms with Crippen LogP contribution in [0.5, 0.6) is 0 Å². The van der Waals surface area contributed by atoms with Gasteiger partial charge in [0, 0.05) is 6.42 Å². The van der Waals surface area contributed by atoms with Crippen molar-refractivity contribution >= 4 is 11.6 Å². The van der Waals surface area contributed by atoms with Gasteiger partial charge in [0.2, 0.25) is 0 Å². The van der Waals surface area contributed by atoms with E-state index >= 15 is 0 Å². The van der Waals surface area contributed by atoms with E-state index in [1.807, 2.05) is 0 Å². The van der Waals surface area contributed by atoms with Gasteiger partial charge in [0.15, 0.2) is 0 Å². The molecule has 2 rings (SSSR count). The van der Waals surface area contributed by atoms with Gasteiger partial charge in [-0.1, -0.05) is 23.7 Å². The molecule has 3 heteroatoms. The molecule has 1 nitrogen and oxygen atoms in total. The number of halogens is 2. The average molecular weight is 215 g/mol. The van der Waals surface area contributed by atoms with E-state index in [4.69, 9.17) is 11.6 Å². The van der Waals surface area contributed by atoms with E-state index in [0.717, 1.165) is 12.8 Å². The van der Waals surface area contributed by atoms with E-state index in [1.54, 1.807) is 19.1 Å². The highest BCUT2D eigenvalue weighted by Crippen LogP contribution is 2.40. The maximum Gasteiger partial charge on any atom is 0.144 e. The summed E-state index contributed by atoms with van der Waals surface area (Å²) < 4.78 is 13.4. The molecule has 0 radical (unpaired) electrons. The van der Waals surface area contributed by atoms with Crippen molar-refractivity contribution in [1.29, 1.82) is 0 Å². The lowest BCUT2D eigenvalue weighted by Crippen LogP contribution is -2.11. The van der Waals surface area contributed by atoms with Crippen LogP contribution in [0.15, 0.2) is 12.1 Å². The van der Waals surface area contributed by atoms with Gasteiger partial charge in [-0.3, -0.25) is 0 Å². The zero-order valence-electron chi connectivity index (χ0n) is 7.98. The molecule has 0 heterocycles. The van der Waals surface area contributed by atoms with Crippen molar-refractivity contribution in [2.24, 2.45) is 0 Å². The molecule has 0 unspecified atom stereocenters. The van der Waals surface area contributed by atoms with Crippen molar-refractivity contribution in [2.75, 3.05) is 0 Å². The molecule has 0 atom stereocenters. The first kappa shape index (κ1) is 9.94. The summed E-state index contributed by atoms with van der Waals surface area (Å²) in [5.74, 6) is -0.367. The van der Waals surface area contributed by atoms with Crippen LogP contribution in [0.25, 0.3) is 0 Å². The van der Waals surface area contributed by atoms with Crippen LogP contribution in [0.4, 0.5) is 4.39 Å². The van der Waals surface area contributed by atoms with Gasteiger partial charge < -0.3 is 5.11 Å². The Hall–Kier alpha value is -0.600. The predicted octanol–water partition coefficient (Wildman–Crippen LogP) is 2.85. The Morgan fingerprint density at radius 3 is 2.71 bits per heavy atom. The van der Waals surface area contributed by atoms with Gasteiger partial charge in [0.05, 0.1) is 10.6 Å². The van der Waals surface area contributed by atoms with E-state index in [1.165, 1.54) is 0 Å². The second-order valence-corrected chi connectivity index (χ2v) is 4.45. The third-order valence-electron chi connectivity index (χ3n) is 2.70. The molecule has 0 spiro atoms.